The average molecular weight is 225 g/mol. The van der Waals surface area contributed by atoms with Crippen molar-refractivity contribution in [2.75, 3.05) is 19.6 Å². The predicted octanol–water partition coefficient (Wildman–Crippen LogP) is 2.66. The van der Waals surface area contributed by atoms with Gasteiger partial charge < -0.3 is 10.0 Å². The van der Waals surface area contributed by atoms with Crippen molar-refractivity contribution in [3.63, 3.8) is 0 Å². The van der Waals surface area contributed by atoms with Gasteiger partial charge in [0.2, 0.25) is 0 Å². The molecule has 2 rings (SSSR count). The largest absolute Gasteiger partial charge is 0.393 e. The second kappa shape index (κ2) is 6.02. The van der Waals surface area contributed by atoms with Crippen LogP contribution >= 0.6 is 0 Å². The minimum absolute atomic E-state index is 0.00757. The van der Waals surface area contributed by atoms with Gasteiger partial charge in [-0.1, -0.05) is 19.8 Å². The average Bonchev–Trinajstić information content (AvgIpc) is 2.73. The third-order valence-corrected chi connectivity index (χ3v) is 4.72. The zero-order valence-corrected chi connectivity index (χ0v) is 10.7. The van der Waals surface area contributed by atoms with Crippen LogP contribution in [0.25, 0.3) is 0 Å². The Balaban J connectivity index is 1.63. The molecule has 1 N–H and O–H groups in total. The summed E-state index contributed by atoms with van der Waals surface area (Å²) in [6.07, 6.45) is 8.91. The first-order chi connectivity index (χ1) is 7.79. The van der Waals surface area contributed by atoms with Crippen molar-refractivity contribution in [3.8, 4) is 0 Å². The Morgan fingerprint density at radius 3 is 2.44 bits per heavy atom. The molecule has 1 aliphatic heterocycles. The molecule has 2 nitrogen and oxygen atoms in total. The number of aliphatic hydroxyl groups is 1. The molecule has 0 radical (unpaired) electrons. The van der Waals surface area contributed by atoms with Gasteiger partial charge in [0, 0.05) is 0 Å². The number of aliphatic hydroxyl groups excluding tert-OH is 1. The highest BCUT2D eigenvalue weighted by molar-refractivity contribution is 4.79. The van der Waals surface area contributed by atoms with Crippen molar-refractivity contribution < 1.29 is 5.11 Å². The highest BCUT2D eigenvalue weighted by Crippen LogP contribution is 2.29. The Kier molecular flexibility index (Phi) is 4.66. The maximum atomic E-state index is 9.78. The van der Waals surface area contributed by atoms with Crippen LogP contribution in [0.15, 0.2) is 0 Å². The zero-order valence-electron chi connectivity index (χ0n) is 10.7. The fraction of sp³-hybridized carbons (Fsp3) is 1.00. The van der Waals surface area contributed by atoms with Gasteiger partial charge in [-0.3, -0.25) is 0 Å². The molecule has 0 amide bonds. The van der Waals surface area contributed by atoms with Crippen LogP contribution in [-0.4, -0.2) is 35.7 Å². The quantitative estimate of drug-likeness (QED) is 0.795. The third-order valence-electron chi connectivity index (χ3n) is 4.72. The lowest BCUT2D eigenvalue weighted by molar-refractivity contribution is 0.109. The number of hydrogen-bond acceptors (Lipinski definition) is 2. The molecule has 0 aromatic rings. The van der Waals surface area contributed by atoms with E-state index in [1.54, 1.807) is 0 Å². The second-order valence-corrected chi connectivity index (χ2v) is 5.74. The Bertz CT molecular complexity index is 199. The molecular weight excluding hydrogens is 198 g/mol. The van der Waals surface area contributed by atoms with Gasteiger partial charge in [0.05, 0.1) is 6.10 Å². The van der Waals surface area contributed by atoms with Crippen LogP contribution in [0.2, 0.25) is 0 Å². The summed E-state index contributed by atoms with van der Waals surface area (Å²) in [6.45, 7) is 6.12. The number of rotatable bonds is 4. The topological polar surface area (TPSA) is 23.5 Å². The molecule has 2 aliphatic rings. The highest BCUT2D eigenvalue weighted by atomic mass is 16.3. The lowest BCUT2D eigenvalue weighted by atomic mass is 9.93. The molecular formula is C14H27NO. The second-order valence-electron chi connectivity index (χ2n) is 5.74. The van der Waals surface area contributed by atoms with Gasteiger partial charge in [-0.25, -0.2) is 0 Å². The lowest BCUT2D eigenvalue weighted by Gasteiger charge is -2.32. The summed E-state index contributed by atoms with van der Waals surface area (Å²) < 4.78 is 0. The van der Waals surface area contributed by atoms with E-state index in [4.69, 9.17) is 0 Å². The van der Waals surface area contributed by atoms with Gasteiger partial charge in [-0.15, -0.1) is 0 Å². The molecule has 2 heteroatoms. The maximum absolute atomic E-state index is 9.78. The Morgan fingerprint density at radius 1 is 1.12 bits per heavy atom. The number of piperidine rings is 1. The van der Waals surface area contributed by atoms with Crippen molar-refractivity contribution in [2.24, 2.45) is 11.8 Å². The van der Waals surface area contributed by atoms with Crippen LogP contribution in [0.4, 0.5) is 0 Å². The molecule has 1 saturated carbocycles. The molecule has 1 heterocycles. The summed E-state index contributed by atoms with van der Waals surface area (Å²) in [5, 5.41) is 9.78. The van der Waals surface area contributed by atoms with E-state index in [9.17, 15) is 5.11 Å². The molecule has 2 atom stereocenters. The summed E-state index contributed by atoms with van der Waals surface area (Å²) in [4.78, 5) is 2.61. The number of likely N-dealkylation sites (tertiary alicyclic amines) is 1. The minimum Gasteiger partial charge on any atom is -0.393 e. The van der Waals surface area contributed by atoms with Gasteiger partial charge in [-0.05, 0) is 63.6 Å². The summed E-state index contributed by atoms with van der Waals surface area (Å²) >= 11 is 0. The van der Waals surface area contributed by atoms with Crippen molar-refractivity contribution in [1.82, 2.24) is 4.90 Å². The normalized spacial score (nSPS) is 33.4. The van der Waals surface area contributed by atoms with Crippen molar-refractivity contribution in [1.29, 1.82) is 0 Å². The number of hydrogen-bond donors (Lipinski definition) is 1. The van der Waals surface area contributed by atoms with E-state index in [1.165, 1.54) is 58.2 Å². The highest BCUT2D eigenvalue weighted by Gasteiger charge is 2.26. The third kappa shape index (κ3) is 3.21. The van der Waals surface area contributed by atoms with E-state index in [0.29, 0.717) is 5.92 Å². The van der Waals surface area contributed by atoms with Crippen molar-refractivity contribution in [2.45, 2.75) is 58.0 Å². The smallest absolute Gasteiger partial charge is 0.0568 e. The van der Waals surface area contributed by atoms with Crippen LogP contribution in [0.1, 0.15) is 51.9 Å². The van der Waals surface area contributed by atoms with Gasteiger partial charge in [0.1, 0.15) is 0 Å². The van der Waals surface area contributed by atoms with Gasteiger partial charge in [-0.2, -0.15) is 0 Å². The fourth-order valence-corrected chi connectivity index (χ4v) is 3.32. The van der Waals surface area contributed by atoms with Gasteiger partial charge >= 0.3 is 0 Å². The Morgan fingerprint density at radius 2 is 1.88 bits per heavy atom. The Hall–Kier alpha value is -0.0800. The summed E-state index contributed by atoms with van der Waals surface area (Å²) in [6, 6.07) is 0. The zero-order chi connectivity index (χ0) is 11.4. The maximum Gasteiger partial charge on any atom is 0.0568 e. The fourth-order valence-electron chi connectivity index (χ4n) is 3.32. The van der Waals surface area contributed by atoms with Gasteiger partial charge in [0.25, 0.3) is 0 Å². The van der Waals surface area contributed by atoms with E-state index < -0.39 is 0 Å². The molecule has 2 fully saturated rings. The standard InChI is InChI=1S/C14H27NO/c1-2-12-6-9-15(10-7-12)11-8-13-4-3-5-14(13)16/h12-14,16H,2-11H2,1H3. The molecule has 0 aromatic heterocycles. The lowest BCUT2D eigenvalue weighted by Crippen LogP contribution is -2.35. The Labute approximate surface area is 100 Å². The van der Waals surface area contributed by atoms with Crippen molar-refractivity contribution in [3.05, 3.63) is 0 Å². The van der Waals surface area contributed by atoms with Crippen LogP contribution in [0, 0.1) is 11.8 Å². The predicted molar refractivity (Wildman–Crippen MR) is 67.4 cm³/mol. The molecule has 0 spiro atoms. The molecule has 1 aliphatic carbocycles. The molecule has 0 bridgehead atoms. The minimum atomic E-state index is 0.00757. The SMILES string of the molecule is CCC1CCN(CCC2CCCC2O)CC1. The first kappa shape index (κ1) is 12.4. The van der Waals surface area contributed by atoms with Crippen molar-refractivity contribution >= 4 is 0 Å². The van der Waals surface area contributed by atoms with E-state index >= 15 is 0 Å². The summed E-state index contributed by atoms with van der Waals surface area (Å²) in [5.41, 5.74) is 0. The van der Waals surface area contributed by atoms with Crippen LogP contribution in [-0.2, 0) is 0 Å². The molecule has 0 aromatic carbocycles. The summed E-state index contributed by atoms with van der Waals surface area (Å²) in [5.74, 6) is 1.58. The molecule has 2 unspecified atom stereocenters. The van der Waals surface area contributed by atoms with E-state index in [1.807, 2.05) is 0 Å². The first-order valence-electron chi connectivity index (χ1n) is 7.20. The number of nitrogens with zero attached hydrogens (tertiary/aromatic N) is 1. The van der Waals surface area contributed by atoms with Gasteiger partial charge in [0.15, 0.2) is 0 Å². The molecule has 94 valence electrons. The molecule has 1 saturated heterocycles. The molecule has 16 heavy (non-hydrogen) atoms. The van der Waals surface area contributed by atoms with E-state index in [-0.39, 0.29) is 6.10 Å². The monoisotopic (exact) mass is 225 g/mol. The van der Waals surface area contributed by atoms with E-state index in [0.717, 1.165) is 12.3 Å². The summed E-state index contributed by atoms with van der Waals surface area (Å²) in [7, 11) is 0. The van der Waals surface area contributed by atoms with Crippen LogP contribution in [0.3, 0.4) is 0 Å². The van der Waals surface area contributed by atoms with Crippen LogP contribution in [0.5, 0.6) is 0 Å². The van der Waals surface area contributed by atoms with E-state index in [2.05, 4.69) is 11.8 Å². The van der Waals surface area contributed by atoms with Crippen LogP contribution < -0.4 is 0 Å². The first-order valence-corrected chi connectivity index (χ1v) is 7.20.